The summed E-state index contributed by atoms with van der Waals surface area (Å²) in [5.41, 5.74) is 2.08. The standard InChI is InChI=1S/C28H32ClN3O4S2/c1-5-26(28(34)30-3)31(18-21-8-10-22(29)11-9-21)27(33)19-32(23-12-6-20(2)7-13-23)38(35,36)25-16-14-24(37-4)15-17-25/h6-17,26H,5,18-19H2,1-4H3,(H,30,34)/t26-/m0/s1. The highest BCUT2D eigenvalue weighted by molar-refractivity contribution is 7.98. The number of thioether (sulfide) groups is 1. The third-order valence-corrected chi connectivity index (χ3v) is 8.93. The first kappa shape index (κ1) is 29.5. The molecule has 0 bridgehead atoms. The van der Waals surface area contributed by atoms with Crippen LogP contribution >= 0.6 is 23.4 Å². The van der Waals surface area contributed by atoms with E-state index in [4.69, 9.17) is 11.6 Å². The van der Waals surface area contributed by atoms with Crippen molar-refractivity contribution < 1.29 is 18.0 Å². The number of benzene rings is 3. The zero-order valence-electron chi connectivity index (χ0n) is 21.8. The zero-order chi connectivity index (χ0) is 27.9. The number of nitrogens with zero attached hydrogens (tertiary/aromatic N) is 2. The highest BCUT2D eigenvalue weighted by Gasteiger charge is 2.33. The van der Waals surface area contributed by atoms with Crippen molar-refractivity contribution in [1.29, 1.82) is 0 Å². The molecule has 0 unspecified atom stereocenters. The van der Waals surface area contributed by atoms with Crippen LogP contribution in [0.2, 0.25) is 5.02 Å². The Labute approximate surface area is 234 Å². The maximum atomic E-state index is 13.9. The van der Waals surface area contributed by atoms with Gasteiger partial charge in [0.1, 0.15) is 12.6 Å². The number of anilines is 1. The van der Waals surface area contributed by atoms with Crippen LogP contribution in [0.3, 0.4) is 0 Å². The summed E-state index contributed by atoms with van der Waals surface area (Å²) in [7, 11) is -2.59. The largest absolute Gasteiger partial charge is 0.357 e. The van der Waals surface area contributed by atoms with Gasteiger partial charge in [0.15, 0.2) is 0 Å². The molecular weight excluding hydrogens is 542 g/mol. The van der Waals surface area contributed by atoms with Gasteiger partial charge in [-0.05, 0) is 73.7 Å². The first-order valence-electron chi connectivity index (χ1n) is 12.1. The van der Waals surface area contributed by atoms with Crippen LogP contribution in [0.4, 0.5) is 5.69 Å². The minimum Gasteiger partial charge on any atom is -0.357 e. The van der Waals surface area contributed by atoms with Crippen LogP contribution in [0.15, 0.2) is 82.6 Å². The maximum absolute atomic E-state index is 13.9. The third kappa shape index (κ3) is 7.09. The molecule has 0 aliphatic carbocycles. The molecule has 10 heteroatoms. The number of carbonyl (C=O) groups is 2. The van der Waals surface area contributed by atoms with Gasteiger partial charge in [-0.15, -0.1) is 11.8 Å². The molecule has 38 heavy (non-hydrogen) atoms. The molecule has 0 heterocycles. The van der Waals surface area contributed by atoms with E-state index < -0.39 is 28.5 Å². The maximum Gasteiger partial charge on any atom is 0.264 e. The summed E-state index contributed by atoms with van der Waals surface area (Å²) in [5.74, 6) is -0.826. The summed E-state index contributed by atoms with van der Waals surface area (Å²) in [5, 5.41) is 3.17. The van der Waals surface area contributed by atoms with Gasteiger partial charge in [-0.25, -0.2) is 8.42 Å². The average molecular weight is 574 g/mol. The quantitative estimate of drug-likeness (QED) is 0.322. The summed E-state index contributed by atoms with van der Waals surface area (Å²) in [6.07, 6.45) is 2.26. The lowest BCUT2D eigenvalue weighted by molar-refractivity contribution is -0.140. The number of halogens is 1. The molecular formula is C28H32ClN3O4S2. The monoisotopic (exact) mass is 573 g/mol. The molecule has 0 aliphatic heterocycles. The number of rotatable bonds is 11. The number of carbonyl (C=O) groups excluding carboxylic acids is 2. The lowest BCUT2D eigenvalue weighted by atomic mass is 10.1. The SMILES string of the molecule is CC[C@@H](C(=O)NC)N(Cc1ccc(Cl)cc1)C(=O)CN(c1ccc(C)cc1)S(=O)(=O)c1ccc(SC)cc1. The Kier molecular flexibility index (Phi) is 10.2. The first-order valence-corrected chi connectivity index (χ1v) is 15.1. The van der Waals surface area contributed by atoms with Crippen LogP contribution in [0.1, 0.15) is 24.5 Å². The lowest BCUT2D eigenvalue weighted by Crippen LogP contribution is -2.51. The minimum atomic E-state index is -4.10. The minimum absolute atomic E-state index is 0.0752. The van der Waals surface area contributed by atoms with Gasteiger partial charge in [-0.1, -0.05) is 48.4 Å². The number of aryl methyl sites for hydroxylation is 1. The molecule has 0 aliphatic rings. The third-order valence-electron chi connectivity index (χ3n) is 6.15. The normalized spacial score (nSPS) is 12.0. The van der Waals surface area contributed by atoms with Crippen molar-refractivity contribution in [1.82, 2.24) is 10.2 Å². The Morgan fingerprint density at radius 3 is 2.11 bits per heavy atom. The van der Waals surface area contributed by atoms with Gasteiger partial charge in [0.2, 0.25) is 11.8 Å². The second-order valence-corrected chi connectivity index (χ2v) is 11.9. The number of nitrogens with one attached hydrogen (secondary N) is 1. The molecule has 3 aromatic carbocycles. The van der Waals surface area contributed by atoms with E-state index in [1.165, 1.54) is 35.8 Å². The van der Waals surface area contributed by atoms with Crippen LogP contribution in [0.5, 0.6) is 0 Å². The second-order valence-electron chi connectivity index (χ2n) is 8.71. The number of hydrogen-bond acceptors (Lipinski definition) is 5. The van der Waals surface area contributed by atoms with Gasteiger partial charge in [0.05, 0.1) is 10.6 Å². The van der Waals surface area contributed by atoms with Gasteiger partial charge in [0, 0.05) is 23.5 Å². The molecule has 1 atom stereocenters. The van der Waals surface area contributed by atoms with E-state index in [9.17, 15) is 18.0 Å². The van der Waals surface area contributed by atoms with Gasteiger partial charge in [0.25, 0.3) is 10.0 Å². The number of hydrogen-bond donors (Lipinski definition) is 1. The number of likely N-dealkylation sites (N-methyl/N-ethyl adjacent to an activating group) is 1. The van der Waals surface area contributed by atoms with E-state index >= 15 is 0 Å². The molecule has 3 rings (SSSR count). The predicted molar refractivity (Wildman–Crippen MR) is 154 cm³/mol. The van der Waals surface area contributed by atoms with Crippen LogP contribution < -0.4 is 9.62 Å². The molecule has 202 valence electrons. The van der Waals surface area contributed by atoms with Gasteiger partial charge >= 0.3 is 0 Å². The number of sulfonamides is 1. The van der Waals surface area contributed by atoms with Crippen molar-refractivity contribution in [3.8, 4) is 0 Å². The van der Waals surface area contributed by atoms with Crippen molar-refractivity contribution in [3.05, 3.63) is 88.9 Å². The van der Waals surface area contributed by atoms with Gasteiger partial charge in [-0.3, -0.25) is 13.9 Å². The van der Waals surface area contributed by atoms with E-state index in [0.29, 0.717) is 17.1 Å². The fraction of sp³-hybridized carbons (Fsp3) is 0.286. The smallest absolute Gasteiger partial charge is 0.264 e. The van der Waals surface area contributed by atoms with Crippen molar-refractivity contribution >= 4 is 50.9 Å². The molecule has 7 nitrogen and oxygen atoms in total. The Balaban J connectivity index is 2.04. The van der Waals surface area contributed by atoms with E-state index in [1.807, 2.05) is 20.1 Å². The first-order chi connectivity index (χ1) is 18.1. The van der Waals surface area contributed by atoms with Crippen LogP contribution in [-0.4, -0.2) is 51.0 Å². The van der Waals surface area contributed by atoms with Gasteiger partial charge in [-0.2, -0.15) is 0 Å². The Morgan fingerprint density at radius 1 is 0.974 bits per heavy atom. The second kappa shape index (κ2) is 13.2. The van der Waals surface area contributed by atoms with Crippen LogP contribution in [0, 0.1) is 6.92 Å². The topological polar surface area (TPSA) is 86.8 Å². The molecule has 0 spiro atoms. The van der Waals surface area contributed by atoms with E-state index in [-0.39, 0.29) is 17.3 Å². The molecule has 0 radical (unpaired) electrons. The molecule has 0 aromatic heterocycles. The highest BCUT2D eigenvalue weighted by Crippen LogP contribution is 2.27. The summed E-state index contributed by atoms with van der Waals surface area (Å²) >= 11 is 7.54. The van der Waals surface area contributed by atoms with Crippen molar-refractivity contribution in [2.24, 2.45) is 0 Å². The molecule has 3 aromatic rings. The molecule has 0 saturated carbocycles. The Morgan fingerprint density at radius 2 is 1.58 bits per heavy atom. The average Bonchev–Trinajstić information content (AvgIpc) is 2.92. The summed E-state index contributed by atoms with van der Waals surface area (Å²) in [4.78, 5) is 29.0. The fourth-order valence-corrected chi connectivity index (χ4v) is 5.94. The summed E-state index contributed by atoms with van der Waals surface area (Å²) < 4.78 is 28.8. The zero-order valence-corrected chi connectivity index (χ0v) is 24.2. The van der Waals surface area contributed by atoms with Crippen molar-refractivity contribution in [2.75, 3.05) is 24.2 Å². The van der Waals surface area contributed by atoms with Crippen LogP contribution in [-0.2, 0) is 26.2 Å². The van der Waals surface area contributed by atoms with E-state index in [2.05, 4.69) is 5.32 Å². The lowest BCUT2D eigenvalue weighted by Gasteiger charge is -2.33. The fourth-order valence-electron chi connectivity index (χ4n) is 3.99. The highest BCUT2D eigenvalue weighted by atomic mass is 35.5. The predicted octanol–water partition coefficient (Wildman–Crippen LogP) is 5.12. The van der Waals surface area contributed by atoms with Gasteiger partial charge < -0.3 is 10.2 Å². The van der Waals surface area contributed by atoms with Crippen molar-refractivity contribution in [3.63, 3.8) is 0 Å². The van der Waals surface area contributed by atoms with E-state index in [1.54, 1.807) is 60.7 Å². The molecule has 1 N–H and O–H groups in total. The summed E-state index contributed by atoms with van der Waals surface area (Å²) in [6.45, 7) is 3.35. The molecule has 0 saturated heterocycles. The van der Waals surface area contributed by atoms with E-state index in [0.717, 1.165) is 20.3 Å². The summed E-state index contributed by atoms with van der Waals surface area (Å²) in [6, 6.07) is 19.7. The Bertz CT molecular complexity index is 1350. The van der Waals surface area contributed by atoms with Crippen molar-refractivity contribution in [2.45, 2.75) is 42.6 Å². The molecule has 0 fully saturated rings. The van der Waals surface area contributed by atoms with Crippen LogP contribution in [0.25, 0.3) is 0 Å². The molecule has 2 amide bonds. The Hall–Kier alpha value is -3.01. The number of amides is 2.